The maximum atomic E-state index is 13.1. The van der Waals surface area contributed by atoms with Crippen LogP contribution in [-0.4, -0.2) is 55.6 Å². The molecule has 1 aromatic carbocycles. The monoisotopic (exact) mass is 332 g/mol. The Labute approximate surface area is 144 Å². The van der Waals surface area contributed by atoms with Crippen LogP contribution in [0, 0.1) is 0 Å². The Balaban J connectivity index is 2.07. The third-order valence-corrected chi connectivity index (χ3v) is 5.63. The molecule has 5 nitrogen and oxygen atoms in total. The molecule has 1 aromatic rings. The minimum absolute atomic E-state index is 0.00737. The van der Waals surface area contributed by atoms with Crippen LogP contribution in [0.15, 0.2) is 12.1 Å². The van der Waals surface area contributed by atoms with E-state index in [4.69, 9.17) is 9.47 Å². The van der Waals surface area contributed by atoms with Crippen molar-refractivity contribution in [3.8, 4) is 11.5 Å². The highest BCUT2D eigenvalue weighted by atomic mass is 16.5. The first-order valence-electron chi connectivity index (χ1n) is 8.80. The number of methoxy groups -OCH3 is 2. The number of ether oxygens (including phenoxy) is 2. The molecule has 132 valence electrons. The molecule has 0 N–H and O–H groups in total. The van der Waals surface area contributed by atoms with Crippen LogP contribution in [0.1, 0.15) is 43.9 Å². The molecule has 3 unspecified atom stereocenters. The van der Waals surface area contributed by atoms with Gasteiger partial charge in [-0.1, -0.05) is 13.3 Å². The number of rotatable bonds is 4. The second-order valence-electron chi connectivity index (χ2n) is 6.84. The first-order valence-corrected chi connectivity index (χ1v) is 8.80. The van der Waals surface area contributed by atoms with E-state index in [-0.39, 0.29) is 24.0 Å². The Morgan fingerprint density at radius 1 is 1.25 bits per heavy atom. The summed E-state index contributed by atoms with van der Waals surface area (Å²) in [6, 6.07) is 4.30. The number of carbonyl (C=O) groups is 1. The fourth-order valence-electron chi connectivity index (χ4n) is 4.24. The standard InChI is InChI=1S/C19H28N2O3/c1-6-7-15-19(22)21-9-8-13-10-14(23-4)11-16(24-5)17(13)18(21)12(2)20(15)3/h10-12,15,18H,6-9H2,1-5H3. The summed E-state index contributed by atoms with van der Waals surface area (Å²) < 4.78 is 11.1. The fourth-order valence-corrected chi connectivity index (χ4v) is 4.24. The van der Waals surface area contributed by atoms with E-state index in [1.54, 1.807) is 14.2 Å². The number of benzene rings is 1. The van der Waals surface area contributed by atoms with Gasteiger partial charge >= 0.3 is 0 Å². The molecule has 0 aliphatic carbocycles. The topological polar surface area (TPSA) is 42.0 Å². The minimum atomic E-state index is -0.00737. The average Bonchev–Trinajstić information content (AvgIpc) is 2.61. The van der Waals surface area contributed by atoms with Gasteiger partial charge in [0.15, 0.2) is 0 Å². The van der Waals surface area contributed by atoms with Crippen molar-refractivity contribution in [1.29, 1.82) is 0 Å². The van der Waals surface area contributed by atoms with Crippen LogP contribution in [0.2, 0.25) is 0 Å². The molecule has 3 rings (SSSR count). The van der Waals surface area contributed by atoms with Crippen molar-refractivity contribution in [2.45, 2.75) is 51.2 Å². The lowest BCUT2D eigenvalue weighted by Crippen LogP contribution is -2.62. The molecule has 2 aliphatic heterocycles. The van der Waals surface area contributed by atoms with E-state index in [9.17, 15) is 4.79 Å². The number of likely N-dealkylation sites (N-methyl/N-ethyl adjacent to an activating group) is 1. The third kappa shape index (κ3) is 2.55. The van der Waals surface area contributed by atoms with E-state index < -0.39 is 0 Å². The van der Waals surface area contributed by atoms with Gasteiger partial charge in [-0.15, -0.1) is 0 Å². The Morgan fingerprint density at radius 2 is 2.00 bits per heavy atom. The molecule has 0 bridgehead atoms. The summed E-state index contributed by atoms with van der Waals surface area (Å²) in [5.41, 5.74) is 2.38. The van der Waals surface area contributed by atoms with Crippen LogP contribution in [0.3, 0.4) is 0 Å². The van der Waals surface area contributed by atoms with E-state index in [0.29, 0.717) is 0 Å². The van der Waals surface area contributed by atoms with Crippen molar-refractivity contribution in [2.24, 2.45) is 0 Å². The maximum Gasteiger partial charge on any atom is 0.240 e. The Morgan fingerprint density at radius 3 is 2.62 bits per heavy atom. The summed E-state index contributed by atoms with van der Waals surface area (Å²) >= 11 is 0. The first-order chi connectivity index (χ1) is 11.5. The van der Waals surface area contributed by atoms with Gasteiger partial charge < -0.3 is 14.4 Å². The molecule has 2 aliphatic rings. The Kier molecular flexibility index (Phi) is 4.72. The molecule has 3 atom stereocenters. The van der Waals surface area contributed by atoms with Crippen molar-refractivity contribution in [3.05, 3.63) is 23.3 Å². The summed E-state index contributed by atoms with van der Waals surface area (Å²) in [6.07, 6.45) is 2.78. The lowest BCUT2D eigenvalue weighted by atomic mass is 9.83. The molecule has 24 heavy (non-hydrogen) atoms. The van der Waals surface area contributed by atoms with Crippen molar-refractivity contribution in [3.63, 3.8) is 0 Å². The molecule has 1 saturated heterocycles. The predicted octanol–water partition coefficient (Wildman–Crippen LogP) is 2.63. The normalized spacial score (nSPS) is 26.8. The van der Waals surface area contributed by atoms with Crippen molar-refractivity contribution >= 4 is 5.91 Å². The van der Waals surface area contributed by atoms with Crippen molar-refractivity contribution in [1.82, 2.24) is 9.80 Å². The molecule has 2 heterocycles. The zero-order chi connectivity index (χ0) is 17.4. The second kappa shape index (κ2) is 6.63. The van der Waals surface area contributed by atoms with Gasteiger partial charge in [-0.3, -0.25) is 9.69 Å². The summed E-state index contributed by atoms with van der Waals surface area (Å²) in [7, 11) is 5.43. The highest BCUT2D eigenvalue weighted by molar-refractivity contribution is 5.84. The SMILES string of the molecule is CCCC1C(=O)N2CCc3cc(OC)cc(OC)c3C2C(C)N1C. The lowest BCUT2D eigenvalue weighted by molar-refractivity contribution is -0.150. The summed E-state index contributed by atoms with van der Waals surface area (Å²) in [6.45, 7) is 5.12. The van der Waals surface area contributed by atoms with Gasteiger partial charge in [-0.05, 0) is 38.4 Å². The van der Waals surface area contributed by atoms with Gasteiger partial charge in [-0.2, -0.15) is 0 Å². The number of nitrogens with zero attached hydrogens (tertiary/aromatic N) is 2. The average molecular weight is 332 g/mol. The molecule has 1 fully saturated rings. The molecular formula is C19H28N2O3. The van der Waals surface area contributed by atoms with Crippen LogP contribution in [0.4, 0.5) is 0 Å². The van der Waals surface area contributed by atoms with Crippen LogP contribution in [0.25, 0.3) is 0 Å². The lowest BCUT2D eigenvalue weighted by Gasteiger charge is -2.51. The Bertz CT molecular complexity index is 614. The highest BCUT2D eigenvalue weighted by Crippen LogP contribution is 2.44. The van der Waals surface area contributed by atoms with E-state index in [1.165, 1.54) is 5.56 Å². The zero-order valence-electron chi connectivity index (χ0n) is 15.3. The number of carbonyl (C=O) groups excluding carboxylic acids is 1. The van der Waals surface area contributed by atoms with Crippen LogP contribution in [-0.2, 0) is 11.2 Å². The summed E-state index contributed by atoms with van der Waals surface area (Å²) in [5.74, 6) is 1.89. The van der Waals surface area contributed by atoms with E-state index in [1.807, 2.05) is 6.07 Å². The van der Waals surface area contributed by atoms with E-state index in [2.05, 4.69) is 36.8 Å². The molecular weight excluding hydrogens is 304 g/mol. The number of piperazine rings is 1. The number of hydrogen-bond acceptors (Lipinski definition) is 4. The molecule has 1 amide bonds. The smallest absolute Gasteiger partial charge is 0.240 e. The number of fused-ring (bicyclic) bond motifs is 3. The zero-order valence-corrected chi connectivity index (χ0v) is 15.3. The largest absolute Gasteiger partial charge is 0.497 e. The number of amides is 1. The maximum absolute atomic E-state index is 13.1. The Hall–Kier alpha value is -1.75. The third-order valence-electron chi connectivity index (χ3n) is 5.63. The minimum Gasteiger partial charge on any atom is -0.497 e. The second-order valence-corrected chi connectivity index (χ2v) is 6.84. The van der Waals surface area contributed by atoms with Crippen molar-refractivity contribution in [2.75, 3.05) is 27.8 Å². The van der Waals surface area contributed by atoms with Gasteiger partial charge in [0.25, 0.3) is 0 Å². The molecule has 0 saturated carbocycles. The molecule has 0 radical (unpaired) electrons. The van der Waals surface area contributed by atoms with Crippen LogP contribution >= 0.6 is 0 Å². The van der Waals surface area contributed by atoms with Crippen LogP contribution in [0.5, 0.6) is 11.5 Å². The van der Waals surface area contributed by atoms with Gasteiger partial charge in [0.05, 0.1) is 26.3 Å². The molecule has 0 aromatic heterocycles. The molecule has 5 heteroatoms. The van der Waals surface area contributed by atoms with Gasteiger partial charge in [-0.25, -0.2) is 0 Å². The van der Waals surface area contributed by atoms with Crippen molar-refractivity contribution < 1.29 is 14.3 Å². The summed E-state index contributed by atoms with van der Waals surface area (Å²) in [5, 5.41) is 0. The van der Waals surface area contributed by atoms with Gasteiger partial charge in [0.2, 0.25) is 5.91 Å². The predicted molar refractivity (Wildman–Crippen MR) is 93.6 cm³/mol. The van der Waals surface area contributed by atoms with Gasteiger partial charge in [0.1, 0.15) is 11.5 Å². The van der Waals surface area contributed by atoms with E-state index >= 15 is 0 Å². The molecule has 0 spiro atoms. The van der Waals surface area contributed by atoms with Crippen LogP contribution < -0.4 is 9.47 Å². The highest BCUT2D eigenvalue weighted by Gasteiger charge is 2.46. The van der Waals surface area contributed by atoms with E-state index in [0.717, 1.165) is 42.9 Å². The fraction of sp³-hybridized carbons (Fsp3) is 0.632. The van der Waals surface area contributed by atoms with Gasteiger partial charge in [0, 0.05) is 24.2 Å². The first kappa shape index (κ1) is 17.1. The number of hydrogen-bond donors (Lipinski definition) is 0. The summed E-state index contributed by atoms with van der Waals surface area (Å²) in [4.78, 5) is 17.4. The quantitative estimate of drug-likeness (QED) is 0.850.